The number of hydrogen-bond donors (Lipinski definition) is 0. The van der Waals surface area contributed by atoms with Gasteiger partial charge in [-0.15, -0.1) is 0 Å². The Morgan fingerprint density at radius 1 is 0.852 bits per heavy atom. The Morgan fingerprint density at radius 3 is 1.48 bits per heavy atom. The molecule has 0 saturated heterocycles. The van der Waals surface area contributed by atoms with Crippen LogP contribution in [-0.2, 0) is 40.6 Å². The number of benzene rings is 1. The van der Waals surface area contributed by atoms with Gasteiger partial charge in [-0.1, -0.05) is 0 Å². The Labute approximate surface area is 180 Å². The fourth-order valence-corrected chi connectivity index (χ4v) is 2.29. The van der Waals surface area contributed by atoms with Crippen LogP contribution in [0.5, 0.6) is 0 Å². The SMILES string of the molecule is CCN(CC)C(=[Se])/C(C)=C/c1ccccc1.[C-]#[O+].[C-]#[O+].[C-]#[O+].[C-]#[O+].[C-]#[O+].[Cr]. The number of hydrogen-bond acceptors (Lipinski definition) is 1. The third-order valence-electron chi connectivity index (χ3n) is 2.57. The molecule has 0 aliphatic rings. The first kappa shape index (κ1) is 40.2. The van der Waals surface area contributed by atoms with E-state index in [1.807, 2.05) is 6.07 Å². The summed E-state index contributed by atoms with van der Waals surface area (Å²) in [5.74, 6) is 0. The molecular formula is C19H19CrNO5Se. The van der Waals surface area contributed by atoms with E-state index in [1.165, 1.54) is 15.7 Å². The third-order valence-corrected chi connectivity index (χ3v) is 3.79. The van der Waals surface area contributed by atoms with Crippen molar-refractivity contribution in [2.45, 2.75) is 20.8 Å². The molecule has 1 rings (SSSR count). The Hall–Kier alpha value is -1.62. The van der Waals surface area contributed by atoms with Gasteiger partial charge < -0.3 is 0 Å². The van der Waals surface area contributed by atoms with Crippen LogP contribution in [0.3, 0.4) is 0 Å². The molecule has 6 nitrogen and oxygen atoms in total. The summed E-state index contributed by atoms with van der Waals surface area (Å²) >= 11 is 3.17. The third kappa shape index (κ3) is 24.4. The van der Waals surface area contributed by atoms with Crippen molar-refractivity contribution in [2.24, 2.45) is 0 Å². The van der Waals surface area contributed by atoms with Crippen molar-refractivity contribution < 1.29 is 40.6 Å². The average Bonchev–Trinajstić information content (AvgIpc) is 2.77. The van der Waals surface area contributed by atoms with Crippen LogP contribution in [0.15, 0.2) is 35.9 Å². The predicted octanol–water partition coefficient (Wildman–Crippen LogP) is 2.54. The van der Waals surface area contributed by atoms with Gasteiger partial charge in [0.1, 0.15) is 0 Å². The summed E-state index contributed by atoms with van der Waals surface area (Å²) in [6, 6.07) is 10.4. The zero-order valence-electron chi connectivity index (χ0n) is 15.2. The van der Waals surface area contributed by atoms with Gasteiger partial charge in [0.15, 0.2) is 0 Å². The first-order valence-corrected chi connectivity index (χ1v) is 7.59. The summed E-state index contributed by atoms with van der Waals surface area (Å²) in [6.07, 6.45) is 2.21. The second-order valence-corrected chi connectivity index (χ2v) is 4.53. The molecule has 0 bridgehead atoms. The molecule has 0 spiro atoms. The van der Waals surface area contributed by atoms with Gasteiger partial charge >= 0.3 is 163 Å². The molecule has 1 aromatic carbocycles. The van der Waals surface area contributed by atoms with Gasteiger partial charge in [0.25, 0.3) is 0 Å². The molecule has 0 aromatic heterocycles. The minimum Gasteiger partial charge on any atom is 0 e. The summed E-state index contributed by atoms with van der Waals surface area (Å²) in [7, 11) is 0. The Balaban J connectivity index is -0.0000000869. The monoisotopic (exact) mass is 473 g/mol. The average molecular weight is 472 g/mol. The molecule has 8 heteroatoms. The van der Waals surface area contributed by atoms with Crippen LogP contribution in [-0.4, -0.2) is 38.1 Å². The second kappa shape index (κ2) is 39.4. The van der Waals surface area contributed by atoms with Gasteiger partial charge in [-0.2, -0.15) is 0 Å². The van der Waals surface area contributed by atoms with Gasteiger partial charge in [0.05, 0.1) is 0 Å². The molecule has 0 heterocycles. The van der Waals surface area contributed by atoms with Crippen LogP contribution in [0.25, 0.3) is 6.08 Å². The molecule has 0 radical (unpaired) electrons. The van der Waals surface area contributed by atoms with Crippen LogP contribution >= 0.6 is 0 Å². The minimum absolute atomic E-state index is 0. The number of rotatable bonds is 5. The standard InChI is InChI=1S/C14H19NSe.5CO.Cr/c1-4-15(5-2)14(16)12(3)11-13-9-7-6-8-10-13;5*1-2;/h6-11H,4-5H2,1-3H3;;;;;;/b12-11+;;;;;;. The van der Waals surface area contributed by atoms with Crippen LogP contribution < -0.4 is 0 Å². The minimum atomic E-state index is 0. The molecule has 0 atom stereocenters. The largest absolute Gasteiger partial charge is 0 e. The van der Waals surface area contributed by atoms with Crippen molar-refractivity contribution in [1.82, 2.24) is 4.90 Å². The van der Waals surface area contributed by atoms with E-state index < -0.39 is 0 Å². The Bertz CT molecular complexity index is 538. The van der Waals surface area contributed by atoms with Crippen molar-refractivity contribution in [3.63, 3.8) is 0 Å². The molecular weight excluding hydrogens is 453 g/mol. The van der Waals surface area contributed by atoms with E-state index in [2.05, 4.69) is 105 Å². The molecule has 0 fully saturated rings. The molecule has 0 aliphatic carbocycles. The van der Waals surface area contributed by atoms with Crippen LogP contribution in [0.1, 0.15) is 26.3 Å². The Kier molecular flexibility index (Phi) is 58.7. The summed E-state index contributed by atoms with van der Waals surface area (Å²) in [6.45, 7) is 31.1. The molecule has 0 aliphatic heterocycles. The zero-order valence-corrected chi connectivity index (χ0v) is 18.2. The fraction of sp³-hybridized carbons (Fsp3) is 0.263. The van der Waals surface area contributed by atoms with Crippen molar-refractivity contribution in [1.29, 1.82) is 0 Å². The maximum atomic E-state index is 7.50. The van der Waals surface area contributed by atoms with E-state index >= 15 is 0 Å². The first-order chi connectivity index (χ1) is 12.7. The van der Waals surface area contributed by atoms with E-state index in [4.69, 9.17) is 23.3 Å². The molecule has 0 saturated carbocycles. The molecule has 142 valence electrons. The maximum absolute atomic E-state index is 7.50. The van der Waals surface area contributed by atoms with Gasteiger partial charge in [0.2, 0.25) is 0 Å². The molecule has 0 amide bonds. The summed E-state index contributed by atoms with van der Waals surface area (Å²) in [5.41, 5.74) is 2.54. The van der Waals surface area contributed by atoms with Gasteiger partial charge in [0, 0.05) is 17.4 Å². The van der Waals surface area contributed by atoms with Gasteiger partial charge in [-0.3, -0.25) is 0 Å². The predicted molar refractivity (Wildman–Crippen MR) is 93.4 cm³/mol. The van der Waals surface area contributed by atoms with Gasteiger partial charge in [-0.05, 0) is 0 Å². The summed E-state index contributed by atoms with van der Waals surface area (Å²) in [5, 5.41) is 0. The topological polar surface area (TPSA) is 103 Å². The smallest absolute Gasteiger partial charge is 0 e. The van der Waals surface area contributed by atoms with Crippen molar-refractivity contribution >= 4 is 26.2 Å². The normalized spacial score (nSPS) is 7.07. The van der Waals surface area contributed by atoms with Crippen molar-refractivity contribution in [3.05, 3.63) is 74.7 Å². The number of likely N-dealkylation sites (N-methyl/N-ethyl adjacent to an activating group) is 1. The Morgan fingerprint density at radius 2 is 1.19 bits per heavy atom. The van der Waals surface area contributed by atoms with Crippen LogP contribution in [0.4, 0.5) is 0 Å². The first-order valence-electron chi connectivity index (χ1n) is 6.73. The van der Waals surface area contributed by atoms with E-state index in [1.54, 1.807) is 0 Å². The summed E-state index contributed by atoms with van der Waals surface area (Å²) in [4.78, 5) is 2.33. The molecule has 0 unspecified atom stereocenters. The van der Waals surface area contributed by atoms with E-state index in [9.17, 15) is 0 Å². The quantitative estimate of drug-likeness (QED) is 0.367. The van der Waals surface area contributed by atoms with Gasteiger partial charge in [-0.25, -0.2) is 0 Å². The molecule has 0 N–H and O–H groups in total. The number of nitrogens with zero attached hydrogens (tertiary/aromatic N) is 1. The van der Waals surface area contributed by atoms with E-state index in [0.717, 1.165) is 13.1 Å². The van der Waals surface area contributed by atoms with Crippen molar-refractivity contribution in [3.8, 4) is 0 Å². The van der Waals surface area contributed by atoms with Crippen molar-refractivity contribution in [2.75, 3.05) is 13.1 Å². The van der Waals surface area contributed by atoms with Crippen LogP contribution in [0.2, 0.25) is 0 Å². The van der Waals surface area contributed by atoms with E-state index in [0.29, 0.717) is 0 Å². The second-order valence-electron chi connectivity index (χ2n) is 3.72. The fourth-order valence-electron chi connectivity index (χ4n) is 1.62. The van der Waals surface area contributed by atoms with E-state index in [-0.39, 0.29) is 17.4 Å². The zero-order chi connectivity index (χ0) is 22.0. The summed E-state index contributed by atoms with van der Waals surface area (Å²) < 4.78 is 38.7. The maximum Gasteiger partial charge on any atom is 0 e. The van der Waals surface area contributed by atoms with Crippen LogP contribution in [0, 0.1) is 33.3 Å². The molecule has 1 aromatic rings. The molecule has 27 heavy (non-hydrogen) atoms.